The maximum atomic E-state index is 12.8. The number of rotatable bonds is 4. The second-order valence-electron chi connectivity index (χ2n) is 7.40. The topological polar surface area (TPSA) is 71.3 Å². The molecule has 1 aliphatic rings. The van der Waals surface area contributed by atoms with E-state index in [0.29, 0.717) is 18.0 Å². The van der Waals surface area contributed by atoms with Crippen LogP contribution >= 0.6 is 0 Å². The average molecular weight is 376 g/mol. The van der Waals surface area contributed by atoms with Gasteiger partial charge in [-0.25, -0.2) is 0 Å². The van der Waals surface area contributed by atoms with Crippen molar-refractivity contribution in [1.82, 2.24) is 10.2 Å². The predicted octanol–water partition coefficient (Wildman–Crippen LogP) is 4.21. The van der Waals surface area contributed by atoms with Crippen molar-refractivity contribution in [2.75, 3.05) is 23.3 Å². The Balaban J connectivity index is 1.43. The van der Waals surface area contributed by atoms with Gasteiger partial charge in [-0.3, -0.25) is 4.79 Å². The van der Waals surface area contributed by atoms with Crippen LogP contribution in [0.25, 0.3) is 11.5 Å². The molecule has 6 nitrogen and oxygen atoms in total. The lowest BCUT2D eigenvalue weighted by Gasteiger charge is -2.32. The number of hydrogen-bond donors (Lipinski definition) is 1. The third-order valence-electron chi connectivity index (χ3n) is 5.03. The van der Waals surface area contributed by atoms with Gasteiger partial charge in [-0.05, 0) is 74.2 Å². The number of carbonyl (C=O) groups excluding carboxylic acids is 1. The number of aryl methyl sites for hydroxylation is 2. The van der Waals surface area contributed by atoms with Gasteiger partial charge in [-0.15, -0.1) is 10.2 Å². The van der Waals surface area contributed by atoms with Crippen molar-refractivity contribution in [3.05, 3.63) is 59.9 Å². The first-order valence-corrected chi connectivity index (χ1v) is 9.60. The summed E-state index contributed by atoms with van der Waals surface area (Å²) in [6, 6.07) is 13.6. The molecule has 1 aromatic carbocycles. The van der Waals surface area contributed by atoms with Gasteiger partial charge >= 0.3 is 0 Å². The van der Waals surface area contributed by atoms with Crippen LogP contribution < -0.4 is 10.2 Å². The minimum Gasteiger partial charge on any atom is -0.463 e. The van der Waals surface area contributed by atoms with Gasteiger partial charge in [0.05, 0.1) is 12.2 Å². The van der Waals surface area contributed by atoms with E-state index >= 15 is 0 Å². The van der Waals surface area contributed by atoms with Crippen LogP contribution in [0.1, 0.15) is 24.0 Å². The van der Waals surface area contributed by atoms with Crippen molar-refractivity contribution in [3.8, 4) is 11.5 Å². The van der Waals surface area contributed by atoms with Crippen LogP contribution in [-0.2, 0) is 4.79 Å². The standard InChI is InChI=1S/C22H24N4O2/c1-15-11-16(2)13-18(12-15)23-22(27)17-5-3-9-26(14-17)21-8-7-19(24-25-21)20-6-4-10-28-20/h4,6-8,10-13,17H,3,5,9,14H2,1-2H3,(H,23,27). The van der Waals surface area contributed by atoms with Crippen LogP contribution in [-0.4, -0.2) is 29.2 Å². The summed E-state index contributed by atoms with van der Waals surface area (Å²) < 4.78 is 5.36. The van der Waals surface area contributed by atoms with Gasteiger partial charge < -0.3 is 14.6 Å². The third-order valence-corrected chi connectivity index (χ3v) is 5.03. The molecule has 0 bridgehead atoms. The highest BCUT2D eigenvalue weighted by Gasteiger charge is 2.27. The quantitative estimate of drug-likeness (QED) is 0.739. The van der Waals surface area contributed by atoms with Gasteiger partial charge in [0.1, 0.15) is 5.69 Å². The van der Waals surface area contributed by atoms with E-state index in [0.717, 1.165) is 42.0 Å². The summed E-state index contributed by atoms with van der Waals surface area (Å²) in [5.41, 5.74) is 3.86. The average Bonchev–Trinajstić information content (AvgIpc) is 3.22. The number of nitrogens with one attached hydrogen (secondary N) is 1. The Morgan fingerprint density at radius 3 is 2.64 bits per heavy atom. The van der Waals surface area contributed by atoms with Crippen LogP contribution in [0, 0.1) is 19.8 Å². The molecule has 1 unspecified atom stereocenters. The van der Waals surface area contributed by atoms with E-state index in [-0.39, 0.29) is 11.8 Å². The predicted molar refractivity (Wildman–Crippen MR) is 109 cm³/mol. The van der Waals surface area contributed by atoms with Gasteiger partial charge in [0.15, 0.2) is 11.6 Å². The van der Waals surface area contributed by atoms with E-state index in [2.05, 4.69) is 26.5 Å². The number of carbonyl (C=O) groups is 1. The minimum atomic E-state index is -0.0684. The number of piperidine rings is 1. The molecule has 4 rings (SSSR count). The van der Waals surface area contributed by atoms with Gasteiger partial charge in [0.2, 0.25) is 5.91 Å². The summed E-state index contributed by atoms with van der Waals surface area (Å²) in [6.45, 7) is 5.60. The maximum absolute atomic E-state index is 12.8. The molecule has 1 N–H and O–H groups in total. The number of furan rings is 1. The summed E-state index contributed by atoms with van der Waals surface area (Å²) >= 11 is 0. The summed E-state index contributed by atoms with van der Waals surface area (Å²) in [4.78, 5) is 14.9. The molecule has 1 aliphatic heterocycles. The molecule has 28 heavy (non-hydrogen) atoms. The zero-order valence-electron chi connectivity index (χ0n) is 16.2. The van der Waals surface area contributed by atoms with Gasteiger partial charge in [0.25, 0.3) is 0 Å². The Morgan fingerprint density at radius 1 is 1.14 bits per heavy atom. The van der Waals surface area contributed by atoms with E-state index < -0.39 is 0 Å². The van der Waals surface area contributed by atoms with Crippen molar-refractivity contribution in [3.63, 3.8) is 0 Å². The number of benzene rings is 1. The second-order valence-corrected chi connectivity index (χ2v) is 7.40. The summed E-state index contributed by atoms with van der Waals surface area (Å²) in [7, 11) is 0. The third kappa shape index (κ3) is 4.06. The molecule has 1 amide bonds. The van der Waals surface area contributed by atoms with Crippen LogP contribution in [0.3, 0.4) is 0 Å². The fraction of sp³-hybridized carbons (Fsp3) is 0.318. The monoisotopic (exact) mass is 376 g/mol. The van der Waals surface area contributed by atoms with Gasteiger partial charge in [0, 0.05) is 18.8 Å². The fourth-order valence-corrected chi connectivity index (χ4v) is 3.74. The molecule has 0 aliphatic carbocycles. The summed E-state index contributed by atoms with van der Waals surface area (Å²) in [5, 5.41) is 11.7. The molecular weight excluding hydrogens is 352 g/mol. The Labute approximate surface area is 164 Å². The number of hydrogen-bond acceptors (Lipinski definition) is 5. The molecule has 1 atom stereocenters. The van der Waals surface area contributed by atoms with E-state index in [4.69, 9.17) is 4.42 Å². The van der Waals surface area contributed by atoms with Crippen molar-refractivity contribution in [2.45, 2.75) is 26.7 Å². The molecule has 3 aromatic rings. The maximum Gasteiger partial charge on any atom is 0.229 e. The van der Waals surface area contributed by atoms with Crippen molar-refractivity contribution in [2.24, 2.45) is 5.92 Å². The molecule has 0 spiro atoms. The highest BCUT2D eigenvalue weighted by Crippen LogP contribution is 2.25. The van der Waals surface area contributed by atoms with E-state index in [1.54, 1.807) is 6.26 Å². The van der Waals surface area contributed by atoms with Crippen LogP contribution in [0.2, 0.25) is 0 Å². The summed E-state index contributed by atoms with van der Waals surface area (Å²) in [5.74, 6) is 1.48. The molecule has 1 fully saturated rings. The zero-order valence-corrected chi connectivity index (χ0v) is 16.2. The zero-order chi connectivity index (χ0) is 19.5. The van der Waals surface area contributed by atoms with Crippen molar-refractivity contribution >= 4 is 17.4 Å². The largest absolute Gasteiger partial charge is 0.463 e. The molecule has 0 saturated carbocycles. The Morgan fingerprint density at radius 2 is 1.96 bits per heavy atom. The van der Waals surface area contributed by atoms with Crippen LogP contribution in [0.15, 0.2) is 53.1 Å². The van der Waals surface area contributed by atoms with Crippen LogP contribution in [0.4, 0.5) is 11.5 Å². The summed E-state index contributed by atoms with van der Waals surface area (Å²) in [6.07, 6.45) is 3.45. The number of nitrogens with zero attached hydrogens (tertiary/aromatic N) is 3. The lowest BCUT2D eigenvalue weighted by molar-refractivity contribution is -0.120. The Hall–Kier alpha value is -3.15. The normalized spacial score (nSPS) is 16.8. The van der Waals surface area contributed by atoms with Crippen molar-refractivity contribution < 1.29 is 9.21 Å². The Kier molecular flexibility index (Phi) is 5.10. The number of aromatic nitrogens is 2. The molecule has 1 saturated heterocycles. The Bertz CT molecular complexity index is 931. The second kappa shape index (κ2) is 7.84. The molecule has 2 aromatic heterocycles. The smallest absolute Gasteiger partial charge is 0.229 e. The first-order chi connectivity index (χ1) is 13.6. The molecule has 6 heteroatoms. The molecular formula is C22H24N4O2. The lowest BCUT2D eigenvalue weighted by atomic mass is 9.97. The van der Waals surface area contributed by atoms with Gasteiger partial charge in [-0.2, -0.15) is 0 Å². The lowest BCUT2D eigenvalue weighted by Crippen LogP contribution is -2.41. The SMILES string of the molecule is Cc1cc(C)cc(NC(=O)C2CCCN(c3ccc(-c4ccco4)nn3)C2)c1. The first-order valence-electron chi connectivity index (χ1n) is 9.60. The molecule has 3 heterocycles. The van der Waals surface area contributed by atoms with E-state index in [1.165, 1.54) is 0 Å². The minimum absolute atomic E-state index is 0.0647. The number of amides is 1. The highest BCUT2D eigenvalue weighted by molar-refractivity contribution is 5.93. The first kappa shape index (κ1) is 18.2. The highest BCUT2D eigenvalue weighted by atomic mass is 16.3. The van der Waals surface area contributed by atoms with Gasteiger partial charge in [-0.1, -0.05) is 6.07 Å². The molecule has 144 valence electrons. The fourth-order valence-electron chi connectivity index (χ4n) is 3.74. The molecule has 0 radical (unpaired) electrons. The van der Waals surface area contributed by atoms with Crippen LogP contribution in [0.5, 0.6) is 0 Å². The van der Waals surface area contributed by atoms with E-state index in [9.17, 15) is 4.79 Å². The number of anilines is 2. The van der Waals surface area contributed by atoms with E-state index in [1.807, 2.05) is 50.2 Å². The van der Waals surface area contributed by atoms with Crippen molar-refractivity contribution in [1.29, 1.82) is 0 Å².